The lowest BCUT2D eigenvalue weighted by atomic mass is 9.96. The summed E-state index contributed by atoms with van der Waals surface area (Å²) in [4.78, 5) is 2.46. The lowest BCUT2D eigenvalue weighted by Crippen LogP contribution is -2.24. The number of anilines is 1. The highest BCUT2D eigenvalue weighted by Gasteiger charge is 2.17. The Hall–Kier alpha value is -1.03. The minimum Gasteiger partial charge on any atom is -0.384 e. The van der Waals surface area contributed by atoms with Gasteiger partial charge in [0.15, 0.2) is 0 Å². The van der Waals surface area contributed by atoms with E-state index in [1.807, 2.05) is 6.07 Å². The van der Waals surface area contributed by atoms with Crippen molar-refractivity contribution in [1.29, 1.82) is 5.41 Å². The van der Waals surface area contributed by atoms with Crippen molar-refractivity contribution in [1.82, 2.24) is 0 Å². The highest BCUT2D eigenvalue weighted by molar-refractivity contribution is 9.10. The molecule has 0 aromatic heterocycles. The van der Waals surface area contributed by atoms with Crippen LogP contribution in [0.25, 0.3) is 0 Å². The predicted molar refractivity (Wildman–Crippen MR) is 89.6 cm³/mol. The molecule has 4 heteroatoms. The summed E-state index contributed by atoms with van der Waals surface area (Å²) >= 11 is 3.52. The first-order valence-electron chi connectivity index (χ1n) is 7.50. The van der Waals surface area contributed by atoms with Gasteiger partial charge in [-0.2, -0.15) is 0 Å². The Bertz CT molecular complexity index is 473. The third kappa shape index (κ3) is 3.75. The van der Waals surface area contributed by atoms with Crippen molar-refractivity contribution >= 4 is 27.5 Å². The molecule has 1 atom stereocenters. The maximum Gasteiger partial charge on any atom is 0.123 e. The van der Waals surface area contributed by atoms with Gasteiger partial charge in [0.05, 0.1) is 0 Å². The van der Waals surface area contributed by atoms with E-state index >= 15 is 0 Å². The minimum absolute atomic E-state index is 0.113. The third-order valence-electron chi connectivity index (χ3n) is 4.15. The highest BCUT2D eigenvalue weighted by atomic mass is 79.9. The number of nitrogens with two attached hydrogens (primary N) is 1. The van der Waals surface area contributed by atoms with Crippen LogP contribution in [0.4, 0.5) is 5.69 Å². The fourth-order valence-electron chi connectivity index (χ4n) is 3.04. The first-order chi connectivity index (χ1) is 9.61. The molecule has 0 spiro atoms. The summed E-state index contributed by atoms with van der Waals surface area (Å²) in [6.07, 6.45) is 6.58. The Labute approximate surface area is 130 Å². The molecule has 2 rings (SSSR count). The molecule has 1 aromatic rings. The van der Waals surface area contributed by atoms with Gasteiger partial charge in [0.1, 0.15) is 5.84 Å². The maximum atomic E-state index is 7.53. The van der Waals surface area contributed by atoms with Gasteiger partial charge < -0.3 is 10.6 Å². The first kappa shape index (κ1) is 15.4. The van der Waals surface area contributed by atoms with Gasteiger partial charge in [-0.05, 0) is 59.3 Å². The van der Waals surface area contributed by atoms with E-state index in [9.17, 15) is 0 Å². The highest BCUT2D eigenvalue weighted by Crippen LogP contribution is 2.28. The standard InChI is InChI=1S/C16H24BrN3/c1-2-4-12-5-3-9-20(10-8-12)13-6-7-14(16(18)19)15(17)11-13/h6-7,11-12H,2-5,8-10H2,1H3,(H3,18,19). The quantitative estimate of drug-likeness (QED) is 0.640. The Morgan fingerprint density at radius 2 is 2.20 bits per heavy atom. The molecule has 0 saturated carbocycles. The molecule has 0 radical (unpaired) electrons. The summed E-state index contributed by atoms with van der Waals surface area (Å²) < 4.78 is 0.914. The Kier molecular flexibility index (Phi) is 5.46. The van der Waals surface area contributed by atoms with Crippen molar-refractivity contribution in [2.24, 2.45) is 11.7 Å². The zero-order valence-electron chi connectivity index (χ0n) is 12.2. The molecule has 20 heavy (non-hydrogen) atoms. The lowest BCUT2D eigenvalue weighted by Gasteiger charge is -2.23. The molecule has 0 aliphatic carbocycles. The number of amidine groups is 1. The van der Waals surface area contributed by atoms with Crippen molar-refractivity contribution in [3.05, 3.63) is 28.2 Å². The minimum atomic E-state index is 0.113. The van der Waals surface area contributed by atoms with E-state index in [4.69, 9.17) is 11.1 Å². The van der Waals surface area contributed by atoms with E-state index in [1.165, 1.54) is 37.8 Å². The van der Waals surface area contributed by atoms with Gasteiger partial charge in [0.25, 0.3) is 0 Å². The van der Waals surface area contributed by atoms with E-state index in [2.05, 4.69) is 39.9 Å². The van der Waals surface area contributed by atoms with Crippen LogP contribution >= 0.6 is 15.9 Å². The molecule has 0 bridgehead atoms. The number of nitrogens with one attached hydrogen (secondary N) is 1. The van der Waals surface area contributed by atoms with Gasteiger partial charge >= 0.3 is 0 Å². The molecule has 3 nitrogen and oxygen atoms in total. The van der Waals surface area contributed by atoms with E-state index in [1.54, 1.807) is 0 Å². The number of hydrogen-bond donors (Lipinski definition) is 2. The summed E-state index contributed by atoms with van der Waals surface area (Å²) in [5, 5.41) is 7.53. The molecule has 1 aromatic carbocycles. The number of nitrogen functional groups attached to an aromatic ring is 1. The van der Waals surface area contributed by atoms with Crippen molar-refractivity contribution in [3.8, 4) is 0 Å². The van der Waals surface area contributed by atoms with Crippen LogP contribution in [0, 0.1) is 11.3 Å². The van der Waals surface area contributed by atoms with Gasteiger partial charge in [0.2, 0.25) is 0 Å². The number of hydrogen-bond acceptors (Lipinski definition) is 2. The van der Waals surface area contributed by atoms with E-state index in [0.717, 1.165) is 29.0 Å². The smallest absolute Gasteiger partial charge is 0.123 e. The van der Waals surface area contributed by atoms with E-state index < -0.39 is 0 Å². The molecule has 1 aliphatic rings. The fourth-order valence-corrected chi connectivity index (χ4v) is 3.62. The number of halogens is 1. The van der Waals surface area contributed by atoms with Gasteiger partial charge in [-0.25, -0.2) is 0 Å². The van der Waals surface area contributed by atoms with Crippen LogP contribution in [0.2, 0.25) is 0 Å². The van der Waals surface area contributed by atoms with Crippen molar-refractivity contribution in [3.63, 3.8) is 0 Å². The second-order valence-electron chi connectivity index (χ2n) is 5.65. The molecular weight excluding hydrogens is 314 g/mol. The predicted octanol–water partition coefficient (Wildman–Crippen LogP) is 4.14. The van der Waals surface area contributed by atoms with Crippen LogP contribution < -0.4 is 10.6 Å². The number of benzene rings is 1. The number of rotatable bonds is 4. The SMILES string of the molecule is CCCC1CCCN(c2ccc(C(=N)N)c(Br)c2)CC1. The first-order valence-corrected chi connectivity index (χ1v) is 8.30. The number of nitrogens with zero attached hydrogens (tertiary/aromatic N) is 1. The maximum absolute atomic E-state index is 7.53. The van der Waals surface area contributed by atoms with Gasteiger partial charge in [-0.3, -0.25) is 5.41 Å². The van der Waals surface area contributed by atoms with E-state index in [0.29, 0.717) is 0 Å². The van der Waals surface area contributed by atoms with Gasteiger partial charge in [-0.1, -0.05) is 19.8 Å². The third-order valence-corrected chi connectivity index (χ3v) is 4.81. The lowest BCUT2D eigenvalue weighted by molar-refractivity contribution is 0.435. The summed E-state index contributed by atoms with van der Waals surface area (Å²) in [7, 11) is 0. The summed E-state index contributed by atoms with van der Waals surface area (Å²) in [5.41, 5.74) is 7.57. The second kappa shape index (κ2) is 7.11. The van der Waals surface area contributed by atoms with Crippen LogP contribution in [-0.4, -0.2) is 18.9 Å². The second-order valence-corrected chi connectivity index (χ2v) is 6.50. The average molecular weight is 338 g/mol. The molecule has 0 amide bonds. The van der Waals surface area contributed by atoms with Gasteiger partial charge in [-0.15, -0.1) is 0 Å². The summed E-state index contributed by atoms with van der Waals surface area (Å²) in [6, 6.07) is 6.12. The van der Waals surface area contributed by atoms with Crippen molar-refractivity contribution < 1.29 is 0 Å². The molecular formula is C16H24BrN3. The Balaban J connectivity index is 2.08. The molecule has 1 saturated heterocycles. The summed E-state index contributed by atoms with van der Waals surface area (Å²) in [6.45, 7) is 4.54. The molecule has 1 heterocycles. The monoisotopic (exact) mass is 337 g/mol. The normalized spacial score (nSPS) is 19.7. The van der Waals surface area contributed by atoms with E-state index in [-0.39, 0.29) is 5.84 Å². The summed E-state index contributed by atoms with van der Waals surface area (Å²) in [5.74, 6) is 1.01. The molecule has 1 aliphatic heterocycles. The van der Waals surface area contributed by atoms with Crippen LogP contribution in [0.15, 0.2) is 22.7 Å². The Morgan fingerprint density at radius 3 is 2.85 bits per heavy atom. The molecule has 110 valence electrons. The van der Waals surface area contributed by atoms with Crippen LogP contribution in [0.1, 0.15) is 44.6 Å². The fraction of sp³-hybridized carbons (Fsp3) is 0.562. The zero-order valence-corrected chi connectivity index (χ0v) is 13.7. The van der Waals surface area contributed by atoms with Gasteiger partial charge in [0, 0.05) is 28.8 Å². The molecule has 1 unspecified atom stereocenters. The van der Waals surface area contributed by atoms with Crippen LogP contribution in [0.5, 0.6) is 0 Å². The van der Waals surface area contributed by atoms with Crippen LogP contribution in [0.3, 0.4) is 0 Å². The molecule has 3 N–H and O–H groups in total. The largest absolute Gasteiger partial charge is 0.384 e. The van der Waals surface area contributed by atoms with Crippen molar-refractivity contribution in [2.75, 3.05) is 18.0 Å². The average Bonchev–Trinajstić information content (AvgIpc) is 2.64. The van der Waals surface area contributed by atoms with Crippen LogP contribution in [-0.2, 0) is 0 Å². The zero-order chi connectivity index (χ0) is 14.5. The van der Waals surface area contributed by atoms with Crippen molar-refractivity contribution in [2.45, 2.75) is 39.0 Å². The Morgan fingerprint density at radius 1 is 1.40 bits per heavy atom. The topological polar surface area (TPSA) is 53.1 Å². The molecule has 1 fully saturated rings.